The topological polar surface area (TPSA) is 78.9 Å². The van der Waals surface area contributed by atoms with Crippen molar-refractivity contribution in [2.45, 2.75) is 4.52 Å². The van der Waals surface area contributed by atoms with Crippen LogP contribution in [0.25, 0.3) is 0 Å². The molecule has 0 aromatic heterocycles. The van der Waals surface area contributed by atoms with Gasteiger partial charge in [0.15, 0.2) is 5.49 Å². The van der Waals surface area contributed by atoms with Crippen molar-refractivity contribution in [1.82, 2.24) is 0 Å². The number of alkyl halides is 3. The van der Waals surface area contributed by atoms with Crippen molar-refractivity contribution in [3.63, 3.8) is 0 Å². The molecule has 142 valence electrons. The maximum Gasteiger partial charge on any atom is 0.448 e. The van der Waals surface area contributed by atoms with Gasteiger partial charge in [0.05, 0.1) is 5.88 Å². The molecule has 0 N–H and O–H groups in total. The zero-order valence-electron chi connectivity index (χ0n) is 13.1. The summed E-state index contributed by atoms with van der Waals surface area (Å²) in [4.78, 5) is 0. The predicted octanol–water partition coefficient (Wildman–Crippen LogP) is 5.01. The maximum absolute atomic E-state index is 13.1. The first kappa shape index (κ1) is 21.4. The highest BCUT2D eigenvalue weighted by atomic mass is 35.5. The van der Waals surface area contributed by atoms with Gasteiger partial charge in [-0.3, -0.25) is 0 Å². The zero-order chi connectivity index (χ0) is 19.3. The van der Waals surface area contributed by atoms with Crippen molar-refractivity contribution in [3.05, 3.63) is 60.7 Å². The Balaban J connectivity index is 2.29. The molecule has 2 rings (SSSR count). The van der Waals surface area contributed by atoms with Crippen molar-refractivity contribution in [2.24, 2.45) is 0 Å². The van der Waals surface area contributed by atoms with E-state index in [-0.39, 0.29) is 11.5 Å². The molecule has 6 nitrogen and oxygen atoms in total. The number of rotatable bonds is 9. The van der Waals surface area contributed by atoms with Crippen LogP contribution in [0.4, 0.5) is 0 Å². The first-order chi connectivity index (χ1) is 12.1. The molecule has 0 unspecified atom stereocenters. The van der Waals surface area contributed by atoms with Crippen LogP contribution in [0.15, 0.2) is 60.7 Å². The zero-order valence-corrected chi connectivity index (χ0v) is 17.1. The lowest BCUT2D eigenvalue weighted by atomic mass is 10.3. The Morgan fingerprint density at radius 3 is 1.69 bits per heavy atom. The summed E-state index contributed by atoms with van der Waals surface area (Å²) < 4.78 is 50.6. The SMILES string of the molecule is O=P(CS(=O)(=O)OC(Cl)(Cl)CCl)(Oc1ccccc1)Oc1ccccc1. The Labute approximate surface area is 166 Å². The second-order valence-electron chi connectivity index (χ2n) is 4.96. The Morgan fingerprint density at radius 1 is 0.885 bits per heavy atom. The maximum atomic E-state index is 13.1. The number of halogens is 3. The molecule has 0 saturated carbocycles. The van der Waals surface area contributed by atoms with E-state index in [1.807, 2.05) is 0 Å². The quantitative estimate of drug-likeness (QED) is 0.298. The minimum absolute atomic E-state index is 0.155. The Bertz CT molecular complexity index is 816. The van der Waals surface area contributed by atoms with E-state index in [9.17, 15) is 13.0 Å². The summed E-state index contributed by atoms with van der Waals surface area (Å²) in [5, 5.41) is 0. The van der Waals surface area contributed by atoms with E-state index in [1.54, 1.807) is 36.4 Å². The van der Waals surface area contributed by atoms with Gasteiger partial charge in [-0.05, 0) is 24.3 Å². The first-order valence-electron chi connectivity index (χ1n) is 7.09. The third-order valence-electron chi connectivity index (χ3n) is 2.70. The third kappa shape index (κ3) is 6.99. The Kier molecular flexibility index (Phi) is 7.25. The van der Waals surface area contributed by atoms with Gasteiger partial charge in [-0.15, -0.1) is 11.6 Å². The van der Waals surface area contributed by atoms with Gasteiger partial charge in [0.25, 0.3) is 10.1 Å². The summed E-state index contributed by atoms with van der Waals surface area (Å²) in [6.07, 6.45) is 0. The smallest absolute Gasteiger partial charge is 0.415 e. The lowest BCUT2D eigenvalue weighted by Crippen LogP contribution is -2.27. The summed E-state index contributed by atoms with van der Waals surface area (Å²) in [5.41, 5.74) is -1.12. The Morgan fingerprint density at radius 2 is 1.31 bits per heavy atom. The minimum Gasteiger partial charge on any atom is -0.415 e. The third-order valence-corrected chi connectivity index (χ3v) is 8.00. The lowest BCUT2D eigenvalue weighted by molar-refractivity contribution is 0.271. The van der Waals surface area contributed by atoms with Crippen LogP contribution in [0.1, 0.15) is 0 Å². The molecular weight excluding hydrogens is 446 g/mol. The van der Waals surface area contributed by atoms with Crippen LogP contribution in [0.5, 0.6) is 11.5 Å². The van der Waals surface area contributed by atoms with E-state index in [4.69, 9.17) is 43.9 Å². The number of para-hydroxylation sites is 2. The van der Waals surface area contributed by atoms with E-state index in [1.165, 1.54) is 24.3 Å². The highest BCUT2D eigenvalue weighted by molar-refractivity contribution is 7.94. The highest BCUT2D eigenvalue weighted by Gasteiger charge is 2.40. The predicted molar refractivity (Wildman–Crippen MR) is 102 cm³/mol. The van der Waals surface area contributed by atoms with E-state index < -0.39 is 33.6 Å². The molecule has 0 amide bonds. The normalized spacial score (nSPS) is 12.6. The van der Waals surface area contributed by atoms with Gasteiger partial charge < -0.3 is 9.05 Å². The number of hydrogen-bond acceptors (Lipinski definition) is 6. The molecule has 2 aromatic rings. The molecule has 0 radical (unpaired) electrons. The summed E-state index contributed by atoms with van der Waals surface area (Å²) in [6.45, 7) is 0. The van der Waals surface area contributed by atoms with Crippen molar-refractivity contribution in [1.29, 1.82) is 0 Å². The molecule has 0 fully saturated rings. The molecule has 0 spiro atoms. The second-order valence-corrected chi connectivity index (χ2v) is 10.5. The van der Waals surface area contributed by atoms with E-state index in [0.29, 0.717) is 0 Å². The van der Waals surface area contributed by atoms with Crippen molar-refractivity contribution < 1.29 is 26.2 Å². The average Bonchev–Trinajstić information content (AvgIpc) is 2.54. The molecule has 0 aliphatic heterocycles. The molecule has 0 aliphatic rings. The molecule has 0 atom stereocenters. The van der Waals surface area contributed by atoms with Gasteiger partial charge in [-0.2, -0.15) is 8.42 Å². The monoisotopic (exact) mass is 458 g/mol. The molecule has 11 heteroatoms. The van der Waals surface area contributed by atoms with Crippen LogP contribution < -0.4 is 9.05 Å². The molecule has 26 heavy (non-hydrogen) atoms. The molecule has 0 heterocycles. The van der Waals surface area contributed by atoms with Gasteiger partial charge in [0.2, 0.25) is 4.52 Å². The summed E-state index contributed by atoms with van der Waals surface area (Å²) in [6, 6.07) is 15.9. The van der Waals surface area contributed by atoms with Gasteiger partial charge in [-0.25, -0.2) is 8.75 Å². The highest BCUT2D eigenvalue weighted by Crippen LogP contribution is 2.50. The lowest BCUT2D eigenvalue weighted by Gasteiger charge is -2.22. The fourth-order valence-electron chi connectivity index (χ4n) is 1.78. The van der Waals surface area contributed by atoms with Gasteiger partial charge >= 0.3 is 7.60 Å². The van der Waals surface area contributed by atoms with Gasteiger partial charge in [-0.1, -0.05) is 59.6 Å². The summed E-state index contributed by atoms with van der Waals surface area (Å²) in [7, 11) is -8.77. The average molecular weight is 460 g/mol. The van der Waals surface area contributed by atoms with E-state index in [0.717, 1.165) is 0 Å². The van der Waals surface area contributed by atoms with Crippen LogP contribution in [0.3, 0.4) is 0 Å². The Hall–Kier alpha value is -0.950. The number of hydrogen-bond donors (Lipinski definition) is 0. The molecular formula is C15H14Cl3O6PS. The van der Waals surface area contributed by atoms with Crippen LogP contribution in [0.2, 0.25) is 0 Å². The molecule has 0 saturated heterocycles. The fraction of sp³-hybridized carbons (Fsp3) is 0.200. The largest absolute Gasteiger partial charge is 0.448 e. The van der Waals surface area contributed by atoms with E-state index >= 15 is 0 Å². The first-order valence-corrected chi connectivity index (χ1v) is 11.7. The van der Waals surface area contributed by atoms with Gasteiger partial charge in [0.1, 0.15) is 11.5 Å². The summed E-state index contributed by atoms with van der Waals surface area (Å²) >= 11 is 16.7. The van der Waals surface area contributed by atoms with Crippen LogP contribution in [-0.2, 0) is 18.9 Å². The van der Waals surface area contributed by atoms with Crippen LogP contribution in [0, 0.1) is 0 Å². The second kappa shape index (κ2) is 8.83. The standard InChI is InChI=1S/C15H14Cl3O6PS/c16-11-15(17,18)24-26(20,21)12-25(19,22-13-7-3-1-4-8-13)23-14-9-5-2-6-10-14/h1-10H,11-12H2. The van der Waals surface area contributed by atoms with E-state index in [2.05, 4.69) is 4.18 Å². The summed E-state index contributed by atoms with van der Waals surface area (Å²) in [5.74, 6) is -0.219. The minimum atomic E-state index is -4.51. The van der Waals surface area contributed by atoms with Crippen LogP contribution >= 0.6 is 42.4 Å². The van der Waals surface area contributed by atoms with Gasteiger partial charge in [0, 0.05) is 0 Å². The van der Waals surface area contributed by atoms with Crippen LogP contribution in [-0.4, -0.2) is 24.3 Å². The number of benzene rings is 2. The van der Waals surface area contributed by atoms with Crippen molar-refractivity contribution in [3.8, 4) is 11.5 Å². The van der Waals surface area contributed by atoms with Crippen molar-refractivity contribution >= 4 is 52.5 Å². The fourth-order valence-corrected chi connectivity index (χ4v) is 6.01. The molecule has 0 aliphatic carbocycles. The van der Waals surface area contributed by atoms with Crippen molar-refractivity contribution in [2.75, 3.05) is 11.4 Å². The molecule has 2 aromatic carbocycles. The molecule has 0 bridgehead atoms.